The number of benzene rings is 6. The first-order valence-electron chi connectivity index (χ1n) is 64.0. The fourth-order valence-corrected chi connectivity index (χ4v) is 25.6. The van der Waals surface area contributed by atoms with E-state index in [0.717, 1.165) is 127 Å². The molecule has 0 bridgehead atoms. The van der Waals surface area contributed by atoms with Crippen molar-refractivity contribution in [1.29, 1.82) is 0 Å². The van der Waals surface area contributed by atoms with Gasteiger partial charge in [-0.05, 0) is 167 Å². The van der Waals surface area contributed by atoms with Crippen molar-refractivity contribution in [2.75, 3.05) is 0 Å². The first-order chi connectivity index (χ1) is 72.8. The second-order valence-electron chi connectivity index (χ2n) is 46.1. The minimum absolute atomic E-state index is 0.793. The van der Waals surface area contributed by atoms with E-state index in [1.54, 1.807) is 9.39 Å². The summed E-state index contributed by atoms with van der Waals surface area (Å²) in [4.78, 5) is 2.45. The van der Waals surface area contributed by atoms with Crippen molar-refractivity contribution in [2.24, 2.45) is 0 Å². The Balaban J connectivity index is 0.000000371. The van der Waals surface area contributed by atoms with Crippen LogP contribution in [-0.4, -0.2) is 17.5 Å². The Labute approximate surface area is 934 Å². The molecule has 0 aliphatic carbocycles. The second-order valence-corrected chi connectivity index (χ2v) is 55.1. The summed E-state index contributed by atoms with van der Waals surface area (Å²) in [7, 11) is -1.07. The molecule has 0 radical (unpaired) electrons. The molecular formula is C141H232N4NiPdSi. The summed E-state index contributed by atoms with van der Waals surface area (Å²) in [6.45, 7) is 27.8. The molecule has 2 heterocycles. The molecule has 0 saturated heterocycles. The zero-order valence-electron chi connectivity index (χ0n) is 99.0. The molecule has 0 fully saturated rings. The van der Waals surface area contributed by atoms with Gasteiger partial charge in [0, 0.05) is 52.6 Å². The van der Waals surface area contributed by atoms with E-state index in [2.05, 4.69) is 254 Å². The van der Waals surface area contributed by atoms with Crippen LogP contribution in [0.4, 0.5) is 0 Å². The van der Waals surface area contributed by atoms with Crippen molar-refractivity contribution >= 4 is 30.9 Å². The molecule has 148 heavy (non-hydrogen) atoms. The number of unbranched alkanes of at least 4 members (excludes halogenated alkanes) is 63. The molecule has 840 valence electrons. The van der Waals surface area contributed by atoms with Crippen LogP contribution in [0.2, 0.25) is 36.5 Å². The van der Waals surface area contributed by atoms with E-state index < -0.39 is 8.07 Å². The van der Waals surface area contributed by atoms with Crippen LogP contribution < -0.4 is 0 Å². The standard InChI is InChI=1S/C36H52N2.C35H52N2Si.2C28H57.2C7H7.Ni.Pd/c1-5-9-13-16-18-30-23-27-32(28-24-30)36-34(20-15-11-7-3)33(19-14-10-6-2)35(38(36)37)31-25-21-29(22-26-31)17-12-8-4;1-7-10-13-16-32-33(17-14-11-8-2)35(31-24-20-29(21-25-31)26-27-38(4,5)6)37(36)34(32)30-22-18-28(19-23-30)15-12-9-3;2*1-3-5-7-9-11-13-15-17-19-21-23-25-27-28-26-24-22-20-18-16-14-12-10-8-6-4-2;2*1-7-5-3-2-4-6-7;;/h21-28H,5-20H2,1-4H3;18-25H,7-17,26-27H2,1-6H3;2*1,3-28H2,2H3;2*2-6H,1H2;;. The van der Waals surface area contributed by atoms with Gasteiger partial charge >= 0.3 is 266 Å². The number of rotatable bonds is 92. The molecular weight excluding hydrogens is 1940 g/mol. The summed E-state index contributed by atoms with van der Waals surface area (Å²) < 4.78 is 3.08. The van der Waals surface area contributed by atoms with E-state index in [4.69, 9.17) is 0 Å². The minimum atomic E-state index is -1.07. The summed E-state index contributed by atoms with van der Waals surface area (Å²) in [5.74, 6) is 0. The Morgan fingerprint density at radius 2 is 0.365 bits per heavy atom. The number of hydrogen-bond acceptors (Lipinski definition) is 0. The number of allylic oxidation sites excluding steroid dienone is 4. The van der Waals surface area contributed by atoms with Crippen LogP contribution in [0.3, 0.4) is 0 Å². The van der Waals surface area contributed by atoms with Gasteiger partial charge in [-0.25, -0.2) is 9.39 Å². The van der Waals surface area contributed by atoms with Crippen molar-refractivity contribution in [3.63, 3.8) is 0 Å². The average molecular weight is 2180 g/mol. The summed E-state index contributed by atoms with van der Waals surface area (Å²) in [6, 6.07) is 58.9. The van der Waals surface area contributed by atoms with E-state index >= 15 is 0 Å². The van der Waals surface area contributed by atoms with Gasteiger partial charge in [0.1, 0.15) is 0 Å². The summed E-state index contributed by atoms with van der Waals surface area (Å²) >= 11 is 2.85. The predicted molar refractivity (Wildman–Crippen MR) is 656 cm³/mol. The molecule has 0 spiro atoms. The van der Waals surface area contributed by atoms with E-state index in [1.165, 1.54) is 532 Å². The Morgan fingerprint density at radius 1 is 0.189 bits per heavy atom. The Kier molecular flexibility index (Phi) is 83.9. The summed E-state index contributed by atoms with van der Waals surface area (Å²) in [6.07, 6.45) is 110. The molecule has 7 heteroatoms. The summed E-state index contributed by atoms with van der Waals surface area (Å²) in [5.41, 5.74) is 46.1. The van der Waals surface area contributed by atoms with Crippen molar-refractivity contribution in [3.8, 4) is 0 Å². The molecule has 0 atom stereocenters. The first kappa shape index (κ1) is 133. The number of hydrogen-bond donors (Lipinski definition) is 0. The topological polar surface area (TPSA) is 50.6 Å². The molecule has 4 nitrogen and oxygen atoms in total. The molecule has 6 aromatic carbocycles. The van der Waals surface area contributed by atoms with Gasteiger partial charge in [0.05, 0.1) is 0 Å². The molecule has 2 aliphatic heterocycles. The van der Waals surface area contributed by atoms with E-state index in [9.17, 15) is 11.1 Å². The quantitative estimate of drug-likeness (QED) is 0.0208. The molecule has 0 amide bonds. The predicted octanol–water partition coefficient (Wildman–Crippen LogP) is 48.4. The van der Waals surface area contributed by atoms with E-state index in [1.807, 2.05) is 0 Å². The maximum absolute atomic E-state index is 11.8. The fourth-order valence-electron chi connectivity index (χ4n) is 21.5. The fraction of sp³-hybridized carbons (Fsp3) is 0.688. The van der Waals surface area contributed by atoms with Crippen molar-refractivity contribution in [3.05, 3.63) is 247 Å². The van der Waals surface area contributed by atoms with Gasteiger partial charge in [-0.15, -0.1) is 0 Å². The molecule has 6 aromatic rings. The molecule has 0 N–H and O–H groups in total. The maximum atomic E-state index is 11.8. The van der Waals surface area contributed by atoms with Crippen LogP contribution in [0.25, 0.3) is 33.9 Å². The van der Waals surface area contributed by atoms with Crippen molar-refractivity contribution in [1.82, 2.24) is 0 Å². The zero-order valence-corrected chi connectivity index (χ0v) is 103. The first-order valence-corrected chi connectivity index (χ1v) is 71.4. The van der Waals surface area contributed by atoms with Gasteiger partial charge in [0.15, 0.2) is 0 Å². The Hall–Kier alpha value is -5.15. The third-order valence-corrected chi connectivity index (χ3v) is 36.3. The molecule has 8 rings (SSSR count). The Morgan fingerprint density at radius 3 is 0.574 bits per heavy atom. The van der Waals surface area contributed by atoms with Crippen LogP contribution in [0, 0.1) is 0 Å². The second kappa shape index (κ2) is 93.1. The monoisotopic (exact) mass is 2170 g/mol. The van der Waals surface area contributed by atoms with Gasteiger partial charge in [0.25, 0.3) is 0 Å². The SMILES string of the molecule is CCCCCC1=C(c2ccc(CCCC)cc2)[N+](=[N-])C(c2ccc(CC[Si](C)(C)C)cc2)=C1CCCCC.CCCCCCCCCCCCCCCCCCCCCCCCCCC[CH2][Ni][CH2]CCCCCCCCCCCCCCCCCCCCCCCCCCC.CCCCCCc1ccc(C2=C(CCCCC)C(CCCCC)=C(c3ccc(CCCC)cc3)[N+]2=[N-])cc1.c1ccc([CH2][Pd][CH2]c2ccccc2)cc1. The third-order valence-electron chi connectivity index (χ3n) is 31.1. The van der Waals surface area contributed by atoms with Crippen molar-refractivity contribution in [2.45, 2.75) is 622 Å². The van der Waals surface area contributed by atoms with Gasteiger partial charge in [-0.1, -0.05) is 413 Å². The van der Waals surface area contributed by atoms with Crippen LogP contribution in [-0.2, 0) is 67.9 Å². The molecule has 0 aromatic heterocycles. The molecule has 0 unspecified atom stereocenters. The van der Waals surface area contributed by atoms with Crippen LogP contribution >= 0.6 is 0 Å². The van der Waals surface area contributed by atoms with Gasteiger partial charge < -0.3 is 11.1 Å². The average Bonchev–Trinajstić information content (AvgIpc) is 1.61. The Bertz CT molecular complexity index is 4150. The third kappa shape index (κ3) is 64.4. The normalized spacial score (nSPS) is 12.8. The summed E-state index contributed by atoms with van der Waals surface area (Å²) in [5, 5.41) is 2.87. The van der Waals surface area contributed by atoms with E-state index in [-0.39, 0.29) is 0 Å². The zero-order chi connectivity index (χ0) is 106. The van der Waals surface area contributed by atoms with E-state index in [0.29, 0.717) is 0 Å². The molecule has 2 aliphatic rings. The molecule has 0 saturated carbocycles. The van der Waals surface area contributed by atoms with Gasteiger partial charge in [-0.3, -0.25) is 0 Å². The van der Waals surface area contributed by atoms with Gasteiger partial charge in [0.2, 0.25) is 22.8 Å². The number of nitrogens with zero attached hydrogens (tertiary/aromatic N) is 4. The van der Waals surface area contributed by atoms with Crippen LogP contribution in [0.5, 0.6) is 0 Å². The van der Waals surface area contributed by atoms with Crippen LogP contribution in [0.1, 0.15) is 606 Å². The number of aryl methyl sites for hydroxylation is 4. The van der Waals surface area contributed by atoms with Gasteiger partial charge in [-0.2, -0.15) is 0 Å². The van der Waals surface area contributed by atoms with Crippen LogP contribution in [0.15, 0.2) is 180 Å². The van der Waals surface area contributed by atoms with Crippen molar-refractivity contribution < 1.29 is 41.8 Å².